The number of ether oxygens (including phenoxy) is 1. The van der Waals surface area contributed by atoms with Crippen LogP contribution in [0.15, 0.2) is 36.5 Å². The van der Waals surface area contributed by atoms with E-state index < -0.39 is 24.6 Å². The fourth-order valence-electron chi connectivity index (χ4n) is 2.42. The van der Waals surface area contributed by atoms with Crippen molar-refractivity contribution >= 4 is 46.1 Å². The van der Waals surface area contributed by atoms with Crippen LogP contribution in [0.1, 0.15) is 15.9 Å². The standard InChI is InChI=1S/C18H13ClF3N3O4S/c19-13-5-11(6-23-16(13)29-9-18(20,21)22)15(27)24-12-3-1-10(2-4-12)7-25-14(26)8-30-17(25)28/h1-6H,7-9H2,(H,24,27). The Bertz CT molecular complexity index is 970. The summed E-state index contributed by atoms with van der Waals surface area (Å²) in [6.07, 6.45) is -3.50. The zero-order valence-electron chi connectivity index (χ0n) is 15.0. The van der Waals surface area contributed by atoms with Gasteiger partial charge in [-0.05, 0) is 23.8 Å². The van der Waals surface area contributed by atoms with Crippen molar-refractivity contribution in [2.24, 2.45) is 0 Å². The van der Waals surface area contributed by atoms with Gasteiger partial charge in [0.2, 0.25) is 11.8 Å². The monoisotopic (exact) mass is 459 g/mol. The highest BCUT2D eigenvalue weighted by atomic mass is 35.5. The van der Waals surface area contributed by atoms with Crippen LogP contribution < -0.4 is 10.1 Å². The van der Waals surface area contributed by atoms with E-state index in [4.69, 9.17) is 11.6 Å². The third kappa shape index (κ3) is 5.63. The Morgan fingerprint density at radius 1 is 1.27 bits per heavy atom. The molecule has 2 heterocycles. The van der Waals surface area contributed by atoms with Crippen molar-refractivity contribution in [3.63, 3.8) is 0 Å². The number of carbonyl (C=O) groups excluding carboxylic acids is 3. The molecule has 0 bridgehead atoms. The number of hydrogen-bond donors (Lipinski definition) is 1. The van der Waals surface area contributed by atoms with Gasteiger partial charge < -0.3 is 10.1 Å². The third-order valence-corrected chi connectivity index (χ3v) is 4.96. The zero-order chi connectivity index (χ0) is 21.9. The van der Waals surface area contributed by atoms with Crippen molar-refractivity contribution in [3.05, 3.63) is 52.7 Å². The van der Waals surface area contributed by atoms with E-state index in [1.807, 2.05) is 0 Å². The van der Waals surface area contributed by atoms with Crippen LogP contribution in [0, 0.1) is 0 Å². The van der Waals surface area contributed by atoms with E-state index in [9.17, 15) is 27.6 Å². The van der Waals surface area contributed by atoms with Crippen LogP contribution in [-0.4, -0.2) is 45.5 Å². The Labute approximate surface area is 177 Å². The first-order valence-corrected chi connectivity index (χ1v) is 9.71. The molecule has 1 N–H and O–H groups in total. The van der Waals surface area contributed by atoms with E-state index in [1.165, 1.54) is 0 Å². The van der Waals surface area contributed by atoms with Crippen LogP contribution in [-0.2, 0) is 11.3 Å². The Balaban J connectivity index is 1.61. The quantitative estimate of drug-likeness (QED) is 0.699. The number of hydrogen-bond acceptors (Lipinski definition) is 6. The van der Waals surface area contributed by atoms with Crippen molar-refractivity contribution in [3.8, 4) is 5.88 Å². The second kappa shape index (κ2) is 8.92. The highest BCUT2D eigenvalue weighted by molar-refractivity contribution is 8.14. The van der Waals surface area contributed by atoms with Gasteiger partial charge in [0.05, 0.1) is 17.9 Å². The molecule has 7 nitrogen and oxygen atoms in total. The molecule has 0 spiro atoms. The predicted molar refractivity (Wildman–Crippen MR) is 104 cm³/mol. The van der Waals surface area contributed by atoms with Crippen LogP contribution in [0.4, 0.5) is 23.7 Å². The van der Waals surface area contributed by atoms with E-state index in [-0.39, 0.29) is 34.0 Å². The second-order valence-electron chi connectivity index (χ2n) is 6.10. The third-order valence-electron chi connectivity index (χ3n) is 3.84. The number of anilines is 1. The lowest BCUT2D eigenvalue weighted by Gasteiger charge is -2.13. The Morgan fingerprint density at radius 3 is 2.53 bits per heavy atom. The van der Waals surface area contributed by atoms with E-state index in [1.54, 1.807) is 24.3 Å². The van der Waals surface area contributed by atoms with Crippen LogP contribution in [0.2, 0.25) is 5.02 Å². The molecule has 30 heavy (non-hydrogen) atoms. The molecule has 1 aromatic carbocycles. The molecular formula is C18H13ClF3N3O4S. The van der Waals surface area contributed by atoms with Crippen molar-refractivity contribution in [2.45, 2.75) is 12.7 Å². The summed E-state index contributed by atoms with van der Waals surface area (Å²) in [5.74, 6) is -1.14. The van der Waals surface area contributed by atoms with Crippen molar-refractivity contribution in [1.82, 2.24) is 9.88 Å². The Hall–Kier alpha value is -2.79. The molecule has 1 saturated heterocycles. The summed E-state index contributed by atoms with van der Waals surface area (Å²) < 4.78 is 41.1. The van der Waals surface area contributed by atoms with Crippen LogP contribution >= 0.6 is 23.4 Å². The summed E-state index contributed by atoms with van der Waals surface area (Å²) in [5, 5.41) is 2.05. The number of halogens is 4. The van der Waals surface area contributed by atoms with Gasteiger partial charge in [0.25, 0.3) is 11.1 Å². The van der Waals surface area contributed by atoms with Gasteiger partial charge in [-0.3, -0.25) is 19.3 Å². The molecule has 1 fully saturated rings. The molecule has 0 unspecified atom stereocenters. The number of thioether (sulfide) groups is 1. The topological polar surface area (TPSA) is 88.6 Å². The maximum Gasteiger partial charge on any atom is 0.422 e. The number of nitrogens with zero attached hydrogens (tertiary/aromatic N) is 2. The minimum Gasteiger partial charge on any atom is -0.467 e. The average molecular weight is 460 g/mol. The number of benzene rings is 1. The fraction of sp³-hybridized carbons (Fsp3) is 0.222. The first-order chi connectivity index (χ1) is 14.1. The molecule has 1 aliphatic heterocycles. The van der Waals surface area contributed by atoms with Crippen LogP contribution in [0.25, 0.3) is 0 Å². The first-order valence-electron chi connectivity index (χ1n) is 8.35. The number of imide groups is 1. The van der Waals surface area contributed by atoms with E-state index >= 15 is 0 Å². The van der Waals surface area contributed by atoms with Gasteiger partial charge in [0, 0.05) is 11.9 Å². The Morgan fingerprint density at radius 2 is 1.97 bits per heavy atom. The number of alkyl halides is 3. The molecular weight excluding hydrogens is 447 g/mol. The minimum absolute atomic E-state index is 0.0220. The summed E-state index contributed by atoms with van der Waals surface area (Å²) in [7, 11) is 0. The lowest BCUT2D eigenvalue weighted by molar-refractivity contribution is -0.154. The zero-order valence-corrected chi connectivity index (χ0v) is 16.6. The smallest absolute Gasteiger partial charge is 0.422 e. The van der Waals surface area contributed by atoms with Gasteiger partial charge in [-0.15, -0.1) is 0 Å². The van der Waals surface area contributed by atoms with E-state index in [0.29, 0.717) is 11.3 Å². The summed E-state index contributed by atoms with van der Waals surface area (Å²) in [4.78, 5) is 40.4. The fourth-order valence-corrected chi connectivity index (χ4v) is 3.37. The molecule has 3 rings (SSSR count). The van der Waals surface area contributed by atoms with Gasteiger partial charge in [0.1, 0.15) is 5.02 Å². The largest absolute Gasteiger partial charge is 0.467 e. The van der Waals surface area contributed by atoms with Gasteiger partial charge in [-0.1, -0.05) is 35.5 Å². The summed E-state index contributed by atoms with van der Waals surface area (Å²) in [5.41, 5.74) is 1.15. The van der Waals surface area contributed by atoms with Crippen molar-refractivity contribution in [1.29, 1.82) is 0 Å². The molecule has 158 valence electrons. The summed E-state index contributed by atoms with van der Waals surface area (Å²) >= 11 is 6.78. The van der Waals surface area contributed by atoms with Crippen LogP contribution in [0.3, 0.4) is 0 Å². The molecule has 1 aliphatic rings. The molecule has 2 aromatic rings. The first kappa shape index (κ1) is 21.9. The molecule has 0 aliphatic carbocycles. The average Bonchev–Trinajstić information content (AvgIpc) is 2.99. The maximum absolute atomic E-state index is 12.3. The van der Waals surface area contributed by atoms with E-state index in [0.717, 1.165) is 28.9 Å². The lowest BCUT2D eigenvalue weighted by atomic mass is 10.2. The predicted octanol–water partition coefficient (Wildman–Crippen LogP) is 4.12. The molecule has 1 aromatic heterocycles. The number of rotatable bonds is 6. The Kier molecular flexibility index (Phi) is 6.52. The van der Waals surface area contributed by atoms with Gasteiger partial charge in [0.15, 0.2) is 6.61 Å². The van der Waals surface area contributed by atoms with Gasteiger partial charge >= 0.3 is 6.18 Å². The highest BCUT2D eigenvalue weighted by Gasteiger charge is 2.30. The minimum atomic E-state index is -4.54. The van der Waals surface area contributed by atoms with Gasteiger partial charge in [-0.25, -0.2) is 4.98 Å². The number of aromatic nitrogens is 1. The molecule has 12 heteroatoms. The maximum atomic E-state index is 12.3. The normalized spacial score (nSPS) is 14.2. The highest BCUT2D eigenvalue weighted by Crippen LogP contribution is 2.26. The lowest BCUT2D eigenvalue weighted by Crippen LogP contribution is -2.27. The van der Waals surface area contributed by atoms with Crippen molar-refractivity contribution in [2.75, 3.05) is 17.7 Å². The van der Waals surface area contributed by atoms with Crippen molar-refractivity contribution < 1.29 is 32.3 Å². The summed E-state index contributed by atoms with van der Waals surface area (Å²) in [6, 6.07) is 7.62. The number of nitrogens with one attached hydrogen (secondary N) is 1. The molecule has 3 amide bonds. The second-order valence-corrected chi connectivity index (χ2v) is 7.43. The van der Waals surface area contributed by atoms with Crippen LogP contribution in [0.5, 0.6) is 5.88 Å². The SMILES string of the molecule is O=C(Nc1ccc(CN2C(=O)CSC2=O)cc1)c1cnc(OCC(F)(F)F)c(Cl)c1. The van der Waals surface area contributed by atoms with E-state index in [2.05, 4.69) is 15.0 Å². The number of carbonyl (C=O) groups is 3. The summed E-state index contributed by atoms with van der Waals surface area (Å²) in [6.45, 7) is -1.41. The number of pyridine rings is 1. The molecule has 0 saturated carbocycles. The van der Waals surface area contributed by atoms with Gasteiger partial charge in [-0.2, -0.15) is 13.2 Å². The molecule has 0 radical (unpaired) electrons. The number of amides is 3. The molecule has 0 atom stereocenters.